The van der Waals surface area contributed by atoms with Gasteiger partial charge in [0.2, 0.25) is 5.91 Å². The SMILES string of the molecule is CCc1cccc(NC(=O)CN=C(N)N2CCN(c3ccc(F)cc3)CC2)c1. The van der Waals surface area contributed by atoms with Crippen LogP contribution in [0.2, 0.25) is 0 Å². The summed E-state index contributed by atoms with van der Waals surface area (Å²) >= 11 is 0. The van der Waals surface area contributed by atoms with Gasteiger partial charge in [0.25, 0.3) is 0 Å². The molecule has 1 heterocycles. The number of benzene rings is 2. The molecule has 0 atom stereocenters. The monoisotopic (exact) mass is 383 g/mol. The zero-order chi connectivity index (χ0) is 19.9. The van der Waals surface area contributed by atoms with E-state index in [0.717, 1.165) is 30.9 Å². The second kappa shape index (κ2) is 9.21. The Kier molecular flexibility index (Phi) is 6.47. The molecule has 2 aromatic rings. The molecule has 0 spiro atoms. The molecule has 6 nitrogen and oxygen atoms in total. The quantitative estimate of drug-likeness (QED) is 0.614. The van der Waals surface area contributed by atoms with Crippen molar-refractivity contribution in [3.63, 3.8) is 0 Å². The molecule has 0 aromatic heterocycles. The second-order valence-corrected chi connectivity index (χ2v) is 6.73. The number of nitrogens with one attached hydrogen (secondary N) is 1. The first-order valence-corrected chi connectivity index (χ1v) is 9.49. The fourth-order valence-electron chi connectivity index (χ4n) is 3.17. The van der Waals surface area contributed by atoms with Crippen LogP contribution < -0.4 is 16.0 Å². The van der Waals surface area contributed by atoms with Crippen LogP contribution in [0.5, 0.6) is 0 Å². The molecular formula is C21H26FN5O. The molecule has 0 radical (unpaired) electrons. The van der Waals surface area contributed by atoms with Gasteiger partial charge in [0.15, 0.2) is 5.96 Å². The fourth-order valence-corrected chi connectivity index (χ4v) is 3.17. The number of carbonyl (C=O) groups excluding carboxylic acids is 1. The molecule has 28 heavy (non-hydrogen) atoms. The van der Waals surface area contributed by atoms with E-state index in [2.05, 4.69) is 22.1 Å². The van der Waals surface area contributed by atoms with Gasteiger partial charge in [0.1, 0.15) is 12.4 Å². The Bertz CT molecular complexity index is 829. The number of amides is 1. The molecular weight excluding hydrogens is 357 g/mol. The number of guanidine groups is 1. The van der Waals surface area contributed by atoms with Crippen LogP contribution in [0.4, 0.5) is 15.8 Å². The smallest absolute Gasteiger partial charge is 0.246 e. The maximum absolute atomic E-state index is 13.1. The number of anilines is 2. The molecule has 1 aliphatic rings. The van der Waals surface area contributed by atoms with Crippen molar-refractivity contribution in [1.82, 2.24) is 4.90 Å². The first kappa shape index (κ1) is 19.7. The van der Waals surface area contributed by atoms with Gasteiger partial charge >= 0.3 is 0 Å². The summed E-state index contributed by atoms with van der Waals surface area (Å²) in [6, 6.07) is 14.3. The Balaban J connectivity index is 1.48. The highest BCUT2D eigenvalue weighted by molar-refractivity contribution is 5.94. The molecule has 1 aliphatic heterocycles. The summed E-state index contributed by atoms with van der Waals surface area (Å²) in [4.78, 5) is 20.5. The van der Waals surface area contributed by atoms with Gasteiger partial charge in [-0.15, -0.1) is 0 Å². The topological polar surface area (TPSA) is 74.0 Å². The highest BCUT2D eigenvalue weighted by atomic mass is 19.1. The summed E-state index contributed by atoms with van der Waals surface area (Å²) in [5.41, 5.74) is 8.99. The van der Waals surface area contributed by atoms with E-state index >= 15 is 0 Å². The van der Waals surface area contributed by atoms with Gasteiger partial charge in [0.05, 0.1) is 0 Å². The molecule has 3 rings (SSSR count). The number of hydrogen-bond acceptors (Lipinski definition) is 3. The summed E-state index contributed by atoms with van der Waals surface area (Å²) < 4.78 is 13.1. The van der Waals surface area contributed by atoms with Crippen LogP contribution in [0.25, 0.3) is 0 Å². The van der Waals surface area contributed by atoms with E-state index in [-0.39, 0.29) is 18.3 Å². The van der Waals surface area contributed by atoms with Gasteiger partial charge in [-0.25, -0.2) is 9.38 Å². The molecule has 3 N–H and O–H groups in total. The van der Waals surface area contributed by atoms with E-state index in [1.807, 2.05) is 29.2 Å². The van der Waals surface area contributed by atoms with Crippen LogP contribution in [0, 0.1) is 5.82 Å². The predicted molar refractivity (Wildman–Crippen MR) is 111 cm³/mol. The Morgan fingerprint density at radius 2 is 1.86 bits per heavy atom. The maximum atomic E-state index is 13.1. The largest absolute Gasteiger partial charge is 0.370 e. The van der Waals surface area contributed by atoms with Gasteiger partial charge in [0, 0.05) is 37.6 Å². The molecule has 1 saturated heterocycles. The van der Waals surface area contributed by atoms with E-state index in [1.165, 1.54) is 17.7 Å². The first-order valence-electron chi connectivity index (χ1n) is 9.49. The number of aliphatic imine (C=N–C) groups is 1. The minimum Gasteiger partial charge on any atom is -0.370 e. The number of nitrogens with zero attached hydrogens (tertiary/aromatic N) is 3. The molecule has 7 heteroatoms. The molecule has 1 amide bonds. The van der Waals surface area contributed by atoms with Gasteiger partial charge in [-0.05, 0) is 48.4 Å². The lowest BCUT2D eigenvalue weighted by Gasteiger charge is -2.36. The number of hydrogen-bond donors (Lipinski definition) is 2. The van der Waals surface area contributed by atoms with Crippen molar-refractivity contribution in [1.29, 1.82) is 0 Å². The average Bonchev–Trinajstić information content (AvgIpc) is 2.73. The molecule has 0 bridgehead atoms. The third-order valence-corrected chi connectivity index (χ3v) is 4.80. The van der Waals surface area contributed by atoms with Crippen molar-refractivity contribution in [3.8, 4) is 0 Å². The van der Waals surface area contributed by atoms with E-state index in [4.69, 9.17) is 5.73 Å². The standard InChI is InChI=1S/C21H26FN5O/c1-2-16-4-3-5-18(14-16)25-20(28)15-24-21(23)27-12-10-26(11-13-27)19-8-6-17(22)7-9-19/h3-9,14H,2,10-13,15H2,1H3,(H2,23,24)(H,25,28). The third kappa shape index (κ3) is 5.22. The molecule has 0 aliphatic carbocycles. The number of nitrogens with two attached hydrogens (primary N) is 1. The lowest BCUT2D eigenvalue weighted by molar-refractivity contribution is -0.114. The van der Waals surface area contributed by atoms with Crippen LogP contribution in [-0.2, 0) is 11.2 Å². The minimum atomic E-state index is -0.238. The number of piperazine rings is 1. The number of rotatable bonds is 5. The summed E-state index contributed by atoms with van der Waals surface area (Å²) in [6.45, 7) is 4.98. The highest BCUT2D eigenvalue weighted by Gasteiger charge is 2.18. The Labute approximate surface area is 164 Å². The Morgan fingerprint density at radius 3 is 2.54 bits per heavy atom. The van der Waals surface area contributed by atoms with Crippen molar-refractivity contribution in [2.75, 3.05) is 42.9 Å². The van der Waals surface area contributed by atoms with Crippen molar-refractivity contribution in [3.05, 3.63) is 59.9 Å². The van der Waals surface area contributed by atoms with Crippen LogP contribution in [0.1, 0.15) is 12.5 Å². The lowest BCUT2D eigenvalue weighted by Crippen LogP contribution is -2.51. The zero-order valence-electron chi connectivity index (χ0n) is 16.1. The average molecular weight is 383 g/mol. The molecule has 0 unspecified atom stereocenters. The van der Waals surface area contributed by atoms with Crippen molar-refractivity contribution in [2.24, 2.45) is 10.7 Å². The first-order chi connectivity index (χ1) is 13.5. The molecule has 2 aromatic carbocycles. The van der Waals surface area contributed by atoms with Gasteiger partial charge in [-0.2, -0.15) is 0 Å². The third-order valence-electron chi connectivity index (χ3n) is 4.80. The number of carbonyl (C=O) groups is 1. The van der Waals surface area contributed by atoms with Gasteiger partial charge < -0.3 is 20.9 Å². The maximum Gasteiger partial charge on any atom is 0.246 e. The molecule has 1 fully saturated rings. The van der Waals surface area contributed by atoms with E-state index in [0.29, 0.717) is 19.0 Å². The van der Waals surface area contributed by atoms with Gasteiger partial charge in [-0.3, -0.25) is 4.79 Å². The normalized spacial score (nSPS) is 14.9. The summed E-state index contributed by atoms with van der Waals surface area (Å²) in [5.74, 6) is -0.0594. The van der Waals surface area contributed by atoms with Crippen LogP contribution in [0.15, 0.2) is 53.5 Å². The number of aryl methyl sites for hydroxylation is 1. The van der Waals surface area contributed by atoms with Crippen LogP contribution >= 0.6 is 0 Å². The lowest BCUT2D eigenvalue weighted by atomic mass is 10.1. The van der Waals surface area contributed by atoms with E-state index in [9.17, 15) is 9.18 Å². The summed E-state index contributed by atoms with van der Waals surface area (Å²) in [6.07, 6.45) is 0.915. The van der Waals surface area contributed by atoms with E-state index < -0.39 is 0 Å². The van der Waals surface area contributed by atoms with Crippen LogP contribution in [0.3, 0.4) is 0 Å². The molecule has 148 valence electrons. The van der Waals surface area contributed by atoms with Crippen LogP contribution in [-0.4, -0.2) is 49.5 Å². The van der Waals surface area contributed by atoms with Gasteiger partial charge in [-0.1, -0.05) is 19.1 Å². The Morgan fingerprint density at radius 1 is 1.14 bits per heavy atom. The summed E-state index contributed by atoms with van der Waals surface area (Å²) in [5, 5.41) is 2.85. The fraction of sp³-hybridized carbons (Fsp3) is 0.333. The van der Waals surface area contributed by atoms with Crippen molar-refractivity contribution in [2.45, 2.75) is 13.3 Å². The summed E-state index contributed by atoms with van der Waals surface area (Å²) in [7, 11) is 0. The molecule has 0 saturated carbocycles. The van der Waals surface area contributed by atoms with Crippen molar-refractivity contribution < 1.29 is 9.18 Å². The highest BCUT2D eigenvalue weighted by Crippen LogP contribution is 2.17. The van der Waals surface area contributed by atoms with Crippen molar-refractivity contribution >= 4 is 23.2 Å². The zero-order valence-corrected chi connectivity index (χ0v) is 16.1. The number of halogens is 1. The second-order valence-electron chi connectivity index (χ2n) is 6.73. The minimum absolute atomic E-state index is 0.0135. The predicted octanol–water partition coefficient (Wildman–Crippen LogP) is 2.46. The Hall–Kier alpha value is -3.09. The van der Waals surface area contributed by atoms with E-state index in [1.54, 1.807) is 12.1 Å².